The van der Waals surface area contributed by atoms with Crippen LogP contribution in [0.1, 0.15) is 18.4 Å². The van der Waals surface area contributed by atoms with Crippen LogP contribution < -0.4 is 10.9 Å². The van der Waals surface area contributed by atoms with E-state index in [2.05, 4.69) is 10.4 Å². The van der Waals surface area contributed by atoms with E-state index >= 15 is 4.39 Å². The molecule has 1 aliphatic heterocycles. The number of nitrogens with one attached hydrogen (secondary N) is 1. The lowest BCUT2D eigenvalue weighted by Gasteiger charge is -2.36. The number of amides is 2. The number of anilines is 1. The fourth-order valence-corrected chi connectivity index (χ4v) is 3.27. The molecule has 0 radical (unpaired) electrons. The highest BCUT2D eigenvalue weighted by Gasteiger charge is 2.36. The predicted molar refractivity (Wildman–Crippen MR) is 98.3 cm³/mol. The van der Waals surface area contributed by atoms with Crippen molar-refractivity contribution < 1.29 is 9.18 Å². The molecular formula is C18H20ClFN4O2. The van der Waals surface area contributed by atoms with Gasteiger partial charge in [0.15, 0.2) is 5.82 Å². The van der Waals surface area contributed by atoms with Crippen LogP contribution in [0.5, 0.6) is 0 Å². The van der Waals surface area contributed by atoms with Crippen molar-refractivity contribution in [1.82, 2.24) is 14.7 Å². The zero-order valence-corrected chi connectivity index (χ0v) is 15.2. The van der Waals surface area contributed by atoms with Crippen molar-refractivity contribution >= 4 is 23.4 Å². The molecule has 8 heteroatoms. The third-order valence-corrected chi connectivity index (χ3v) is 4.79. The number of nitrogens with zero attached hydrogens (tertiary/aromatic N) is 3. The molecule has 26 heavy (non-hydrogen) atoms. The first-order chi connectivity index (χ1) is 12.3. The number of aryl methyl sites for hydroxylation is 1. The molecule has 1 aliphatic rings. The first kappa shape index (κ1) is 18.4. The first-order valence-corrected chi connectivity index (χ1v) is 8.76. The Kier molecular flexibility index (Phi) is 5.27. The van der Waals surface area contributed by atoms with E-state index in [1.54, 1.807) is 17.0 Å². The number of hydrogen-bond donors (Lipinski definition) is 1. The van der Waals surface area contributed by atoms with E-state index in [1.165, 1.54) is 19.2 Å². The topological polar surface area (TPSA) is 67.2 Å². The molecular weight excluding hydrogens is 359 g/mol. The van der Waals surface area contributed by atoms with Crippen LogP contribution in [0.15, 0.2) is 41.2 Å². The fourth-order valence-electron chi connectivity index (χ4n) is 3.06. The van der Waals surface area contributed by atoms with Crippen molar-refractivity contribution in [3.63, 3.8) is 0 Å². The quantitative estimate of drug-likeness (QED) is 0.892. The van der Waals surface area contributed by atoms with Crippen LogP contribution in [0, 0.1) is 0 Å². The number of aromatic nitrogens is 2. The summed E-state index contributed by atoms with van der Waals surface area (Å²) in [6.45, 7) is 0.628. The molecule has 1 aromatic carbocycles. The highest BCUT2D eigenvalue weighted by atomic mass is 35.5. The number of alkyl halides is 1. The lowest BCUT2D eigenvalue weighted by Crippen LogP contribution is -2.47. The average Bonchev–Trinajstić information content (AvgIpc) is 2.58. The van der Waals surface area contributed by atoms with Gasteiger partial charge in [0.25, 0.3) is 5.56 Å². The summed E-state index contributed by atoms with van der Waals surface area (Å²) in [7, 11) is 1.51. The number of likely N-dealkylation sites (tertiary alicyclic amines) is 1. The van der Waals surface area contributed by atoms with E-state index in [1.807, 2.05) is 12.1 Å². The summed E-state index contributed by atoms with van der Waals surface area (Å²) in [4.78, 5) is 25.2. The van der Waals surface area contributed by atoms with E-state index in [0.29, 0.717) is 18.1 Å². The second-order valence-electron chi connectivity index (χ2n) is 6.56. The molecule has 2 heterocycles. The fraction of sp³-hybridized carbons (Fsp3) is 0.389. The molecule has 0 spiro atoms. The van der Waals surface area contributed by atoms with Gasteiger partial charge >= 0.3 is 6.03 Å². The van der Waals surface area contributed by atoms with E-state index in [-0.39, 0.29) is 36.7 Å². The number of urea groups is 1. The van der Waals surface area contributed by atoms with Gasteiger partial charge in [-0.25, -0.2) is 13.9 Å². The van der Waals surface area contributed by atoms with Crippen LogP contribution in [-0.4, -0.2) is 39.5 Å². The summed E-state index contributed by atoms with van der Waals surface area (Å²) in [5, 5.41) is 7.19. The first-order valence-electron chi connectivity index (χ1n) is 8.38. The minimum atomic E-state index is -1.35. The Morgan fingerprint density at radius 2 is 2.04 bits per heavy atom. The Hall–Kier alpha value is -2.41. The number of halogens is 2. The molecule has 2 amide bonds. The smallest absolute Gasteiger partial charge is 0.323 e. The Morgan fingerprint density at radius 1 is 1.31 bits per heavy atom. The predicted octanol–water partition coefficient (Wildman–Crippen LogP) is 3.01. The molecule has 0 atom stereocenters. The Labute approximate surface area is 155 Å². The van der Waals surface area contributed by atoms with Crippen molar-refractivity contribution in [3.8, 4) is 0 Å². The number of piperidine rings is 1. The molecule has 3 rings (SSSR count). The van der Waals surface area contributed by atoms with E-state index in [9.17, 15) is 9.59 Å². The van der Waals surface area contributed by atoms with Crippen molar-refractivity contribution in [2.75, 3.05) is 18.4 Å². The normalized spacial score (nSPS) is 16.3. The van der Waals surface area contributed by atoms with Gasteiger partial charge in [-0.05, 0) is 36.6 Å². The van der Waals surface area contributed by atoms with Crippen molar-refractivity contribution in [2.45, 2.75) is 24.9 Å². The van der Waals surface area contributed by atoms with Gasteiger partial charge in [0.2, 0.25) is 0 Å². The Balaban J connectivity index is 1.57. The number of hydrogen-bond acceptors (Lipinski definition) is 3. The van der Waals surface area contributed by atoms with Crippen molar-refractivity contribution in [2.24, 2.45) is 7.05 Å². The number of carbonyl (C=O) groups excluding carboxylic acids is 1. The molecule has 1 N–H and O–H groups in total. The molecule has 1 saturated heterocycles. The molecule has 0 bridgehead atoms. The number of rotatable bonds is 3. The third-order valence-electron chi connectivity index (χ3n) is 4.55. The van der Waals surface area contributed by atoms with E-state index < -0.39 is 5.67 Å². The standard InChI is InChI=1S/C18H20ClFN4O2/c1-23-16(25)6-5-15(22-23)21-17(26)24-9-7-18(20,8-10-24)12-13-3-2-4-14(19)11-13/h2-6,11H,7-10,12H2,1H3,(H,21,22,26). The highest BCUT2D eigenvalue weighted by molar-refractivity contribution is 6.30. The summed E-state index contributed by atoms with van der Waals surface area (Å²) in [5.41, 5.74) is -0.757. The molecule has 138 valence electrons. The number of benzene rings is 1. The largest absolute Gasteiger partial charge is 0.324 e. The molecule has 1 aromatic heterocycles. The maximum atomic E-state index is 15.1. The molecule has 0 saturated carbocycles. The van der Waals surface area contributed by atoms with Gasteiger partial charge in [-0.1, -0.05) is 23.7 Å². The molecule has 0 unspecified atom stereocenters. The number of carbonyl (C=O) groups is 1. The van der Waals surface area contributed by atoms with Gasteiger partial charge in [0.05, 0.1) is 0 Å². The maximum absolute atomic E-state index is 15.1. The van der Waals surface area contributed by atoms with Crippen LogP contribution in [0.4, 0.5) is 15.0 Å². The molecule has 2 aromatic rings. The second-order valence-corrected chi connectivity index (χ2v) is 6.99. The zero-order chi connectivity index (χ0) is 18.7. The molecule has 0 aliphatic carbocycles. The SMILES string of the molecule is Cn1nc(NC(=O)N2CCC(F)(Cc3cccc(Cl)c3)CC2)ccc1=O. The van der Waals surface area contributed by atoms with Crippen molar-refractivity contribution in [1.29, 1.82) is 0 Å². The van der Waals surface area contributed by atoms with Gasteiger partial charge in [-0.2, -0.15) is 5.10 Å². The minimum Gasteiger partial charge on any atom is -0.324 e. The minimum absolute atomic E-state index is 0.258. The van der Waals surface area contributed by atoms with Crippen LogP contribution in [0.3, 0.4) is 0 Å². The summed E-state index contributed by atoms with van der Waals surface area (Å²) in [5.74, 6) is 0.285. The van der Waals surface area contributed by atoms with Gasteiger partial charge in [0.1, 0.15) is 5.67 Å². The second kappa shape index (κ2) is 7.45. The Bertz CT molecular complexity index is 862. The van der Waals surface area contributed by atoms with Crippen LogP contribution in [0.2, 0.25) is 5.02 Å². The summed E-state index contributed by atoms with van der Waals surface area (Å²) < 4.78 is 16.2. The molecule has 1 fully saturated rings. The van der Waals surface area contributed by atoms with Crippen LogP contribution >= 0.6 is 11.6 Å². The van der Waals surface area contributed by atoms with Crippen molar-refractivity contribution in [3.05, 3.63) is 57.3 Å². The lowest BCUT2D eigenvalue weighted by molar-refractivity contribution is 0.0744. The average molecular weight is 379 g/mol. The van der Waals surface area contributed by atoms with E-state index in [0.717, 1.165) is 10.2 Å². The van der Waals surface area contributed by atoms with Crippen LogP contribution in [-0.2, 0) is 13.5 Å². The molecule has 6 nitrogen and oxygen atoms in total. The van der Waals surface area contributed by atoms with Crippen LogP contribution in [0.25, 0.3) is 0 Å². The third kappa shape index (κ3) is 4.40. The van der Waals surface area contributed by atoms with Gasteiger partial charge in [0, 0.05) is 37.6 Å². The van der Waals surface area contributed by atoms with Gasteiger partial charge < -0.3 is 4.90 Å². The summed E-state index contributed by atoms with van der Waals surface area (Å²) >= 11 is 5.96. The highest BCUT2D eigenvalue weighted by Crippen LogP contribution is 2.31. The van der Waals surface area contributed by atoms with Gasteiger partial charge in [-0.3, -0.25) is 10.1 Å². The zero-order valence-electron chi connectivity index (χ0n) is 14.4. The summed E-state index contributed by atoms with van der Waals surface area (Å²) in [6, 6.07) is 9.63. The summed E-state index contributed by atoms with van der Waals surface area (Å²) in [6.07, 6.45) is 0.798. The lowest BCUT2D eigenvalue weighted by atomic mass is 9.87. The maximum Gasteiger partial charge on any atom is 0.323 e. The van der Waals surface area contributed by atoms with E-state index in [4.69, 9.17) is 11.6 Å². The monoisotopic (exact) mass is 378 g/mol. The Morgan fingerprint density at radius 3 is 2.69 bits per heavy atom. The van der Waals surface area contributed by atoms with Gasteiger partial charge in [-0.15, -0.1) is 0 Å².